The summed E-state index contributed by atoms with van der Waals surface area (Å²) in [6, 6.07) is 6.47. The number of guanidine groups is 1. The summed E-state index contributed by atoms with van der Waals surface area (Å²) in [5.41, 5.74) is 11.0. The van der Waals surface area contributed by atoms with Crippen molar-refractivity contribution in [1.29, 1.82) is 10.7 Å². The van der Waals surface area contributed by atoms with Crippen LogP contribution in [0.2, 0.25) is 5.02 Å². The van der Waals surface area contributed by atoms with Crippen molar-refractivity contribution in [2.45, 2.75) is 0 Å². The smallest absolute Gasteiger partial charge is 0.234 e. The Morgan fingerprint density at radius 1 is 1.55 bits per heavy atom. The summed E-state index contributed by atoms with van der Waals surface area (Å²) < 4.78 is 0. The van der Waals surface area contributed by atoms with E-state index in [9.17, 15) is 4.79 Å². The topological polar surface area (TPSA) is 141 Å². The lowest BCUT2D eigenvalue weighted by molar-refractivity contribution is -0.113. The van der Waals surface area contributed by atoms with Crippen molar-refractivity contribution in [3.05, 3.63) is 28.8 Å². The first-order valence-corrected chi connectivity index (χ1v) is 6.59. The van der Waals surface area contributed by atoms with Crippen LogP contribution >= 0.6 is 23.4 Å². The molecule has 0 heterocycles. The number of rotatable bonds is 3. The van der Waals surface area contributed by atoms with E-state index in [0.717, 1.165) is 11.8 Å². The zero-order valence-corrected chi connectivity index (χ0v) is 11.8. The van der Waals surface area contributed by atoms with Gasteiger partial charge in [0.15, 0.2) is 11.1 Å². The zero-order valence-electron chi connectivity index (χ0n) is 10.2. The molecule has 0 saturated carbocycles. The van der Waals surface area contributed by atoms with Crippen LogP contribution in [-0.2, 0) is 4.79 Å². The molecule has 0 aliphatic carbocycles. The highest BCUT2D eigenvalue weighted by Crippen LogP contribution is 2.20. The molecule has 9 heteroatoms. The third-order valence-corrected chi connectivity index (χ3v) is 3.03. The Morgan fingerprint density at radius 2 is 2.25 bits per heavy atom. The van der Waals surface area contributed by atoms with Crippen LogP contribution < -0.4 is 16.8 Å². The Bertz CT molecular complexity index is 605. The number of halogens is 1. The molecule has 0 bridgehead atoms. The number of anilines is 1. The lowest BCUT2D eigenvalue weighted by Crippen LogP contribution is -2.24. The number of hydrogen-bond donors (Lipinski definition) is 4. The molecule has 0 unspecified atom stereocenters. The number of aliphatic imine (C=N–C) groups is 1. The fourth-order valence-electron chi connectivity index (χ4n) is 1.16. The normalized spacial score (nSPS) is 9.40. The Morgan fingerprint density at radius 3 is 2.80 bits per heavy atom. The molecule has 7 nitrogen and oxygen atoms in total. The minimum absolute atomic E-state index is 0.0206. The summed E-state index contributed by atoms with van der Waals surface area (Å²) in [6.07, 6.45) is 0. The average molecular weight is 311 g/mol. The molecule has 0 fully saturated rings. The van der Waals surface area contributed by atoms with E-state index in [0.29, 0.717) is 11.3 Å². The van der Waals surface area contributed by atoms with Crippen LogP contribution in [0.4, 0.5) is 5.69 Å². The molecule has 0 radical (unpaired) electrons. The van der Waals surface area contributed by atoms with Crippen molar-refractivity contribution in [1.82, 2.24) is 0 Å². The van der Waals surface area contributed by atoms with Crippen LogP contribution in [-0.4, -0.2) is 22.8 Å². The van der Waals surface area contributed by atoms with Crippen molar-refractivity contribution < 1.29 is 4.79 Å². The quantitative estimate of drug-likeness (QED) is 0.488. The van der Waals surface area contributed by atoms with Gasteiger partial charge in [0, 0.05) is 5.69 Å². The molecule has 0 aromatic heterocycles. The molecule has 20 heavy (non-hydrogen) atoms. The largest absolute Gasteiger partial charge is 0.370 e. The van der Waals surface area contributed by atoms with E-state index in [1.54, 1.807) is 6.07 Å². The monoisotopic (exact) mass is 310 g/mol. The highest BCUT2D eigenvalue weighted by Gasteiger charge is 2.07. The van der Waals surface area contributed by atoms with Gasteiger partial charge in [-0.2, -0.15) is 10.3 Å². The maximum atomic E-state index is 11.6. The number of carbonyl (C=O) groups excluding carboxylic acids is 1. The van der Waals surface area contributed by atoms with Gasteiger partial charge in [-0.25, -0.2) is 0 Å². The number of hydrogen-bond acceptors (Lipinski definition) is 4. The first-order valence-electron chi connectivity index (χ1n) is 5.23. The Balaban J connectivity index is 2.55. The van der Waals surface area contributed by atoms with Crippen molar-refractivity contribution in [2.24, 2.45) is 16.5 Å². The highest BCUT2D eigenvalue weighted by atomic mass is 35.5. The molecule has 0 atom stereocenters. The van der Waals surface area contributed by atoms with Crippen LogP contribution in [0.15, 0.2) is 23.2 Å². The number of nitrogens with one attached hydrogen (secondary N) is 2. The lowest BCUT2D eigenvalue weighted by Gasteiger charge is -2.05. The molecule has 1 aromatic rings. The summed E-state index contributed by atoms with van der Waals surface area (Å²) >= 11 is 6.72. The van der Waals surface area contributed by atoms with Gasteiger partial charge in [-0.15, -0.1) is 0 Å². The third-order valence-electron chi connectivity index (χ3n) is 1.94. The molecule has 0 aliphatic heterocycles. The van der Waals surface area contributed by atoms with Gasteiger partial charge < -0.3 is 16.8 Å². The van der Waals surface area contributed by atoms with E-state index in [-0.39, 0.29) is 27.8 Å². The number of nitrogens with two attached hydrogens (primary N) is 2. The second kappa shape index (κ2) is 7.37. The maximum Gasteiger partial charge on any atom is 0.234 e. The van der Waals surface area contributed by atoms with E-state index in [1.807, 2.05) is 6.07 Å². The fraction of sp³-hybridized carbons (Fsp3) is 0.0909. The molecule has 1 aromatic carbocycles. The second-order valence-electron chi connectivity index (χ2n) is 3.49. The average Bonchev–Trinajstić information content (AvgIpc) is 2.36. The van der Waals surface area contributed by atoms with Gasteiger partial charge in [-0.05, 0) is 18.2 Å². The van der Waals surface area contributed by atoms with Crippen LogP contribution in [0.5, 0.6) is 0 Å². The molecule has 0 aliphatic rings. The van der Waals surface area contributed by atoms with Gasteiger partial charge in [0.25, 0.3) is 0 Å². The van der Waals surface area contributed by atoms with E-state index in [4.69, 9.17) is 33.7 Å². The van der Waals surface area contributed by atoms with Crippen molar-refractivity contribution in [3.63, 3.8) is 0 Å². The predicted molar refractivity (Wildman–Crippen MR) is 80.8 cm³/mol. The first kappa shape index (κ1) is 15.8. The predicted octanol–water partition coefficient (Wildman–Crippen LogP) is 1.09. The molecular formula is C11H11ClN6OS. The molecule has 0 saturated heterocycles. The number of amidine groups is 1. The van der Waals surface area contributed by atoms with Crippen LogP contribution in [0, 0.1) is 16.7 Å². The molecular weight excluding hydrogens is 300 g/mol. The highest BCUT2D eigenvalue weighted by molar-refractivity contribution is 8.14. The maximum absolute atomic E-state index is 11.6. The minimum Gasteiger partial charge on any atom is -0.370 e. The van der Waals surface area contributed by atoms with E-state index < -0.39 is 0 Å². The number of nitriles is 1. The minimum atomic E-state index is -0.341. The summed E-state index contributed by atoms with van der Waals surface area (Å²) in [5, 5.41) is 18.8. The van der Waals surface area contributed by atoms with Gasteiger partial charge in [-0.3, -0.25) is 10.2 Å². The standard InChI is InChI=1S/C11H11ClN6OS/c12-8-3-7(2-1-6(8)4-13)17-9(19)5-20-11(16)18-10(14)15/h1-3H,5H2,(H,17,19)(H5,14,15,16,18). The Hall–Kier alpha value is -2.24. The third kappa shape index (κ3) is 5.17. The lowest BCUT2D eigenvalue weighted by atomic mass is 10.2. The van der Waals surface area contributed by atoms with Crippen molar-refractivity contribution in [3.8, 4) is 6.07 Å². The first-order chi connectivity index (χ1) is 9.42. The summed E-state index contributed by atoms with van der Waals surface area (Å²) in [4.78, 5) is 15.1. The van der Waals surface area contributed by atoms with Crippen LogP contribution in [0.3, 0.4) is 0 Å². The summed E-state index contributed by atoms with van der Waals surface area (Å²) in [7, 11) is 0. The number of thioether (sulfide) groups is 1. The van der Waals surface area contributed by atoms with Crippen LogP contribution in [0.25, 0.3) is 0 Å². The van der Waals surface area contributed by atoms with Gasteiger partial charge in [0.1, 0.15) is 6.07 Å². The molecule has 1 rings (SSSR count). The SMILES string of the molecule is N#Cc1ccc(NC(=O)CSC(=N)N=C(N)N)cc1Cl. The summed E-state index contributed by atoms with van der Waals surface area (Å²) in [6.45, 7) is 0. The van der Waals surface area contributed by atoms with E-state index >= 15 is 0 Å². The number of nitrogens with zero attached hydrogens (tertiary/aromatic N) is 2. The Kier molecular flexibility index (Phi) is 5.83. The van der Waals surface area contributed by atoms with Gasteiger partial charge in [0.05, 0.1) is 16.3 Å². The van der Waals surface area contributed by atoms with Crippen molar-refractivity contribution >= 4 is 46.1 Å². The summed E-state index contributed by atoms with van der Waals surface area (Å²) in [5.74, 6) is -0.596. The number of carbonyl (C=O) groups is 1. The zero-order chi connectivity index (χ0) is 15.1. The molecule has 104 valence electrons. The molecule has 6 N–H and O–H groups in total. The van der Waals surface area contributed by atoms with E-state index in [2.05, 4.69) is 10.3 Å². The second-order valence-corrected chi connectivity index (χ2v) is 4.86. The van der Waals surface area contributed by atoms with E-state index in [1.165, 1.54) is 12.1 Å². The van der Waals surface area contributed by atoms with Crippen molar-refractivity contribution in [2.75, 3.05) is 11.1 Å². The number of amides is 1. The van der Waals surface area contributed by atoms with Gasteiger partial charge >= 0.3 is 0 Å². The van der Waals surface area contributed by atoms with Gasteiger partial charge in [-0.1, -0.05) is 23.4 Å². The Labute approximate surface area is 124 Å². The molecule has 1 amide bonds. The number of benzene rings is 1. The van der Waals surface area contributed by atoms with Gasteiger partial charge in [0.2, 0.25) is 5.91 Å². The fourth-order valence-corrected chi connectivity index (χ4v) is 1.90. The molecule has 0 spiro atoms. The van der Waals surface area contributed by atoms with Crippen LogP contribution in [0.1, 0.15) is 5.56 Å².